The van der Waals surface area contributed by atoms with Crippen LogP contribution in [-0.4, -0.2) is 70.9 Å². The molecule has 0 amide bonds. The maximum absolute atomic E-state index is 11.0. The largest absolute Gasteiger partial charge is 0.390 e. The third-order valence-electron chi connectivity index (χ3n) is 7.22. The molecule has 0 radical (unpaired) electrons. The van der Waals surface area contributed by atoms with E-state index in [0.29, 0.717) is 26.4 Å². The fourth-order valence-corrected chi connectivity index (χ4v) is 4.06. The van der Waals surface area contributed by atoms with Crippen LogP contribution < -0.4 is 0 Å². The Kier molecular flexibility index (Phi) is 10.3. The molecule has 0 spiro atoms. The third-order valence-corrected chi connectivity index (χ3v) is 7.22. The molecule has 0 bridgehead atoms. The summed E-state index contributed by atoms with van der Waals surface area (Å²) in [4.78, 5) is 0. The summed E-state index contributed by atoms with van der Waals surface area (Å²) in [6, 6.07) is 0. The Morgan fingerprint density at radius 2 is 1.48 bits per heavy atom. The van der Waals surface area contributed by atoms with E-state index in [1.165, 1.54) is 0 Å². The molecule has 2 fully saturated rings. The summed E-state index contributed by atoms with van der Waals surface area (Å²) in [5.74, 6) is 0. The zero-order valence-electron chi connectivity index (χ0n) is 19.2. The van der Waals surface area contributed by atoms with Crippen LogP contribution in [0.15, 0.2) is 0 Å². The molecular weight excluding hydrogens is 372 g/mol. The van der Waals surface area contributed by atoms with E-state index in [0.717, 1.165) is 65.0 Å². The lowest BCUT2D eigenvalue weighted by molar-refractivity contribution is -0.187. The van der Waals surface area contributed by atoms with Gasteiger partial charge in [0.15, 0.2) is 0 Å². The van der Waals surface area contributed by atoms with Crippen LogP contribution in [0.5, 0.6) is 0 Å². The van der Waals surface area contributed by atoms with E-state index in [-0.39, 0.29) is 23.0 Å². The minimum absolute atomic E-state index is 0.142. The maximum atomic E-state index is 11.0. The van der Waals surface area contributed by atoms with Crippen molar-refractivity contribution in [3.05, 3.63) is 0 Å². The van der Waals surface area contributed by atoms with Crippen LogP contribution in [0.1, 0.15) is 66.2 Å². The Balaban J connectivity index is 1.78. The molecule has 0 saturated carbocycles. The van der Waals surface area contributed by atoms with Crippen molar-refractivity contribution in [2.24, 2.45) is 16.2 Å². The number of hydrogen-bond acceptors (Lipinski definition) is 6. The number of ether oxygens (including phenoxy) is 5. The highest BCUT2D eigenvalue weighted by molar-refractivity contribution is 4.88. The molecule has 2 heterocycles. The van der Waals surface area contributed by atoms with Crippen molar-refractivity contribution < 1.29 is 28.8 Å². The lowest BCUT2D eigenvalue weighted by Crippen LogP contribution is -2.47. The quantitative estimate of drug-likeness (QED) is 0.287. The van der Waals surface area contributed by atoms with Gasteiger partial charge in [0.25, 0.3) is 0 Å². The predicted molar refractivity (Wildman–Crippen MR) is 113 cm³/mol. The summed E-state index contributed by atoms with van der Waals surface area (Å²) in [6.45, 7) is 14.2. The lowest BCUT2D eigenvalue weighted by Gasteiger charge is -2.42. The lowest BCUT2D eigenvalue weighted by atomic mass is 9.76. The van der Waals surface area contributed by atoms with E-state index in [1.807, 2.05) is 0 Å². The first-order valence-electron chi connectivity index (χ1n) is 11.6. The molecule has 0 aromatic heterocycles. The van der Waals surface area contributed by atoms with Crippen LogP contribution >= 0.6 is 0 Å². The number of unbranched alkanes of at least 4 members (excludes halogenated alkanes) is 1. The van der Waals surface area contributed by atoms with E-state index in [4.69, 9.17) is 23.7 Å². The SMILES string of the molecule is CCCCC(CC)(COCOCC1(CC)COC1)C(O)COCC1(CC)COC1. The van der Waals surface area contributed by atoms with Crippen LogP contribution in [0, 0.1) is 16.2 Å². The molecule has 6 nitrogen and oxygen atoms in total. The monoisotopic (exact) mass is 416 g/mol. The number of aliphatic hydroxyl groups excluding tert-OH is 1. The Morgan fingerprint density at radius 1 is 0.897 bits per heavy atom. The van der Waals surface area contributed by atoms with Crippen molar-refractivity contribution >= 4 is 0 Å². The van der Waals surface area contributed by atoms with Crippen LogP contribution in [0.4, 0.5) is 0 Å². The first kappa shape index (κ1) is 25.0. The molecule has 2 unspecified atom stereocenters. The second-order valence-electron chi connectivity index (χ2n) is 9.36. The second kappa shape index (κ2) is 12.0. The molecule has 2 aliphatic rings. The second-order valence-corrected chi connectivity index (χ2v) is 9.36. The van der Waals surface area contributed by atoms with Gasteiger partial charge in [-0.15, -0.1) is 0 Å². The standard InChI is InChI=1S/C23H44O6/c1-5-9-10-23(8-4,18-29-19-28-17-22(7-3)15-27-16-22)20(24)11-25-12-21(6-2)13-26-14-21/h20,24H,5-19H2,1-4H3. The first-order chi connectivity index (χ1) is 14.0. The normalized spacial score (nSPS) is 23.1. The number of rotatable bonds is 17. The third kappa shape index (κ3) is 6.62. The van der Waals surface area contributed by atoms with Gasteiger partial charge in [-0.3, -0.25) is 0 Å². The summed E-state index contributed by atoms with van der Waals surface area (Å²) in [5, 5.41) is 11.0. The van der Waals surface area contributed by atoms with E-state index in [9.17, 15) is 5.11 Å². The van der Waals surface area contributed by atoms with Gasteiger partial charge in [-0.1, -0.05) is 40.5 Å². The van der Waals surface area contributed by atoms with Gasteiger partial charge in [-0.25, -0.2) is 0 Å². The van der Waals surface area contributed by atoms with E-state index in [2.05, 4.69) is 27.7 Å². The van der Waals surface area contributed by atoms with Gasteiger partial charge in [0, 0.05) is 16.2 Å². The number of hydrogen-bond donors (Lipinski definition) is 1. The van der Waals surface area contributed by atoms with Crippen LogP contribution in [0.2, 0.25) is 0 Å². The average molecular weight is 417 g/mol. The molecule has 6 heteroatoms. The molecule has 2 saturated heterocycles. The highest BCUT2D eigenvalue weighted by Gasteiger charge is 2.40. The fraction of sp³-hybridized carbons (Fsp3) is 1.00. The van der Waals surface area contributed by atoms with Gasteiger partial charge in [-0.05, 0) is 25.7 Å². The Labute approximate surface area is 177 Å². The van der Waals surface area contributed by atoms with Gasteiger partial charge >= 0.3 is 0 Å². The van der Waals surface area contributed by atoms with Crippen molar-refractivity contribution in [3.63, 3.8) is 0 Å². The van der Waals surface area contributed by atoms with Crippen LogP contribution in [0.3, 0.4) is 0 Å². The zero-order chi connectivity index (χ0) is 21.2. The van der Waals surface area contributed by atoms with Crippen LogP contribution in [0.25, 0.3) is 0 Å². The highest BCUT2D eigenvalue weighted by Crippen LogP contribution is 2.36. The highest BCUT2D eigenvalue weighted by atomic mass is 16.7. The molecule has 172 valence electrons. The summed E-state index contributed by atoms with van der Waals surface area (Å²) >= 11 is 0. The Morgan fingerprint density at radius 3 is 1.93 bits per heavy atom. The van der Waals surface area contributed by atoms with Crippen molar-refractivity contribution in [2.45, 2.75) is 72.3 Å². The van der Waals surface area contributed by atoms with Gasteiger partial charge in [0.05, 0.1) is 59.0 Å². The van der Waals surface area contributed by atoms with Crippen molar-refractivity contribution in [3.8, 4) is 0 Å². The molecular formula is C23H44O6. The van der Waals surface area contributed by atoms with Gasteiger partial charge in [-0.2, -0.15) is 0 Å². The van der Waals surface area contributed by atoms with Crippen molar-refractivity contribution in [2.75, 3.05) is 59.6 Å². The fourth-order valence-electron chi connectivity index (χ4n) is 4.06. The van der Waals surface area contributed by atoms with Crippen LogP contribution in [-0.2, 0) is 23.7 Å². The van der Waals surface area contributed by atoms with Crippen molar-refractivity contribution in [1.82, 2.24) is 0 Å². The number of aliphatic hydroxyl groups is 1. The predicted octanol–water partition coefficient (Wildman–Crippen LogP) is 3.79. The molecule has 2 aliphatic heterocycles. The Bertz CT molecular complexity index is 438. The summed E-state index contributed by atoms with van der Waals surface area (Å²) in [5.41, 5.74) is 0.0148. The summed E-state index contributed by atoms with van der Waals surface area (Å²) < 4.78 is 28.4. The molecule has 2 rings (SSSR count). The average Bonchev–Trinajstić information content (AvgIpc) is 2.68. The van der Waals surface area contributed by atoms with E-state index >= 15 is 0 Å². The first-order valence-corrected chi connectivity index (χ1v) is 11.6. The van der Waals surface area contributed by atoms with E-state index in [1.54, 1.807) is 0 Å². The topological polar surface area (TPSA) is 66.4 Å². The Hall–Kier alpha value is -0.240. The molecule has 1 N–H and O–H groups in total. The van der Waals surface area contributed by atoms with Crippen molar-refractivity contribution in [1.29, 1.82) is 0 Å². The van der Waals surface area contributed by atoms with Gasteiger partial charge in [0.1, 0.15) is 6.79 Å². The molecule has 0 aliphatic carbocycles. The van der Waals surface area contributed by atoms with Gasteiger partial charge in [0.2, 0.25) is 0 Å². The maximum Gasteiger partial charge on any atom is 0.146 e. The molecule has 29 heavy (non-hydrogen) atoms. The summed E-state index contributed by atoms with van der Waals surface area (Å²) in [7, 11) is 0. The molecule has 0 aromatic carbocycles. The van der Waals surface area contributed by atoms with Gasteiger partial charge < -0.3 is 28.8 Å². The smallest absolute Gasteiger partial charge is 0.146 e. The molecule has 0 aromatic rings. The summed E-state index contributed by atoms with van der Waals surface area (Å²) in [6.07, 6.45) is 5.51. The molecule has 2 atom stereocenters. The zero-order valence-corrected chi connectivity index (χ0v) is 19.2. The minimum atomic E-state index is -0.545. The minimum Gasteiger partial charge on any atom is -0.390 e. The van der Waals surface area contributed by atoms with E-state index < -0.39 is 6.10 Å².